The van der Waals surface area contributed by atoms with E-state index >= 15 is 0 Å². The fraction of sp³-hybridized carbons (Fsp3) is 0.533. The zero-order chi connectivity index (χ0) is 16.7. The summed E-state index contributed by atoms with van der Waals surface area (Å²) in [6, 6.07) is 5.19. The van der Waals surface area contributed by atoms with Crippen LogP contribution >= 0.6 is 0 Å². The summed E-state index contributed by atoms with van der Waals surface area (Å²) in [7, 11) is -3.32. The molecule has 1 aliphatic rings. The summed E-state index contributed by atoms with van der Waals surface area (Å²) in [5, 5.41) is 2.54. The van der Waals surface area contributed by atoms with E-state index in [-0.39, 0.29) is 25.7 Å². The minimum atomic E-state index is -3.32. The van der Waals surface area contributed by atoms with Crippen molar-refractivity contribution >= 4 is 15.7 Å². The van der Waals surface area contributed by atoms with Crippen molar-refractivity contribution in [3.63, 3.8) is 0 Å². The van der Waals surface area contributed by atoms with Crippen molar-refractivity contribution in [3.05, 3.63) is 18.2 Å². The van der Waals surface area contributed by atoms with Gasteiger partial charge in [-0.25, -0.2) is 8.42 Å². The molecule has 0 saturated carbocycles. The van der Waals surface area contributed by atoms with Gasteiger partial charge in [-0.05, 0) is 18.6 Å². The number of sulfone groups is 1. The molecule has 0 spiro atoms. The molecule has 8 heteroatoms. The van der Waals surface area contributed by atoms with E-state index in [1.165, 1.54) is 0 Å². The van der Waals surface area contributed by atoms with Crippen molar-refractivity contribution in [3.8, 4) is 17.2 Å². The molecule has 23 heavy (non-hydrogen) atoms. The third kappa shape index (κ3) is 5.63. The van der Waals surface area contributed by atoms with Gasteiger partial charge in [-0.1, -0.05) is 13.3 Å². The van der Waals surface area contributed by atoms with E-state index in [1.54, 1.807) is 18.2 Å². The number of ether oxygens (including phenoxy) is 3. The molecule has 1 heterocycles. The van der Waals surface area contributed by atoms with E-state index in [0.29, 0.717) is 23.7 Å². The molecule has 2 rings (SSSR count). The zero-order valence-corrected chi connectivity index (χ0v) is 13.9. The molecule has 0 unspecified atom stereocenters. The van der Waals surface area contributed by atoms with Crippen LogP contribution in [0.15, 0.2) is 18.2 Å². The van der Waals surface area contributed by atoms with Crippen LogP contribution in [0, 0.1) is 0 Å². The fourth-order valence-corrected chi connectivity index (χ4v) is 3.39. The molecule has 128 valence electrons. The van der Waals surface area contributed by atoms with Crippen molar-refractivity contribution < 1.29 is 27.4 Å². The van der Waals surface area contributed by atoms with Gasteiger partial charge in [0.1, 0.15) is 18.1 Å². The lowest BCUT2D eigenvalue weighted by Gasteiger charge is -2.08. The highest BCUT2D eigenvalue weighted by atomic mass is 32.2. The molecule has 0 radical (unpaired) electrons. The van der Waals surface area contributed by atoms with E-state index in [4.69, 9.17) is 14.2 Å². The number of benzene rings is 1. The first kappa shape index (κ1) is 17.4. The lowest BCUT2D eigenvalue weighted by molar-refractivity contribution is -0.118. The van der Waals surface area contributed by atoms with Gasteiger partial charge in [-0.15, -0.1) is 0 Å². The molecule has 1 aliphatic heterocycles. The molecule has 0 fully saturated rings. The zero-order valence-electron chi connectivity index (χ0n) is 13.0. The van der Waals surface area contributed by atoms with Gasteiger partial charge in [0.2, 0.25) is 12.7 Å². The van der Waals surface area contributed by atoms with Crippen LogP contribution < -0.4 is 19.5 Å². The molecule has 0 atom stereocenters. The standard InChI is InChI=1S/C15H21NO6S/c1-2-3-8-23(18,19)10-15(17)16-6-7-20-12-4-5-13-14(9-12)22-11-21-13/h4-5,9H,2-3,6-8,10-11H2,1H3,(H,16,17). The molecule has 1 N–H and O–H groups in total. The maximum absolute atomic E-state index is 11.6. The molecule has 0 aromatic heterocycles. The number of carbonyl (C=O) groups is 1. The van der Waals surface area contributed by atoms with Gasteiger partial charge in [0.05, 0.1) is 12.3 Å². The van der Waals surface area contributed by atoms with Crippen LogP contribution in [0.3, 0.4) is 0 Å². The monoisotopic (exact) mass is 343 g/mol. The average molecular weight is 343 g/mol. The summed E-state index contributed by atoms with van der Waals surface area (Å²) < 4.78 is 39.2. The van der Waals surface area contributed by atoms with Gasteiger partial charge >= 0.3 is 0 Å². The molecule has 0 bridgehead atoms. The highest BCUT2D eigenvalue weighted by molar-refractivity contribution is 7.92. The Bertz CT molecular complexity index is 643. The topological polar surface area (TPSA) is 90.9 Å². The third-order valence-corrected chi connectivity index (χ3v) is 4.81. The highest BCUT2D eigenvalue weighted by Gasteiger charge is 2.16. The number of hydrogen-bond acceptors (Lipinski definition) is 6. The highest BCUT2D eigenvalue weighted by Crippen LogP contribution is 2.34. The lowest BCUT2D eigenvalue weighted by atomic mass is 10.3. The SMILES string of the molecule is CCCCS(=O)(=O)CC(=O)NCCOc1ccc2c(c1)OCO2. The Hall–Kier alpha value is -1.96. The van der Waals surface area contributed by atoms with Crippen molar-refractivity contribution in [2.24, 2.45) is 0 Å². The summed E-state index contributed by atoms with van der Waals surface area (Å²) >= 11 is 0. The lowest BCUT2D eigenvalue weighted by Crippen LogP contribution is -2.34. The fourth-order valence-electron chi connectivity index (χ4n) is 2.01. The van der Waals surface area contributed by atoms with Gasteiger partial charge in [-0.2, -0.15) is 0 Å². The van der Waals surface area contributed by atoms with Crippen molar-refractivity contribution in [1.82, 2.24) is 5.32 Å². The van der Waals surface area contributed by atoms with E-state index in [2.05, 4.69) is 5.32 Å². The molecule has 1 aromatic carbocycles. The largest absolute Gasteiger partial charge is 0.492 e. The number of carbonyl (C=O) groups excluding carboxylic acids is 1. The van der Waals surface area contributed by atoms with E-state index in [1.807, 2.05) is 6.92 Å². The van der Waals surface area contributed by atoms with Crippen LogP contribution in [0.2, 0.25) is 0 Å². The van der Waals surface area contributed by atoms with Gasteiger partial charge in [0.25, 0.3) is 0 Å². The Labute approximate surface area is 135 Å². The number of fused-ring (bicyclic) bond motifs is 1. The Balaban J connectivity index is 1.68. The summed E-state index contributed by atoms with van der Waals surface area (Å²) in [6.07, 6.45) is 1.35. The molecular formula is C15H21NO6S. The number of amides is 1. The number of rotatable bonds is 9. The van der Waals surface area contributed by atoms with Crippen molar-refractivity contribution in [2.45, 2.75) is 19.8 Å². The maximum Gasteiger partial charge on any atom is 0.235 e. The quantitative estimate of drug-likeness (QED) is 0.676. The van der Waals surface area contributed by atoms with Gasteiger partial charge in [-0.3, -0.25) is 4.79 Å². The number of nitrogens with one attached hydrogen (secondary N) is 1. The Morgan fingerprint density at radius 2 is 2.09 bits per heavy atom. The number of unbranched alkanes of at least 4 members (excludes halogenated alkanes) is 1. The molecular weight excluding hydrogens is 322 g/mol. The van der Waals surface area contributed by atoms with E-state index in [0.717, 1.165) is 6.42 Å². The number of hydrogen-bond donors (Lipinski definition) is 1. The molecule has 0 aliphatic carbocycles. The van der Waals surface area contributed by atoms with Crippen LogP contribution in [0.5, 0.6) is 17.2 Å². The third-order valence-electron chi connectivity index (χ3n) is 3.20. The minimum Gasteiger partial charge on any atom is -0.492 e. The average Bonchev–Trinajstić information content (AvgIpc) is 2.97. The molecule has 1 aromatic rings. The van der Waals surface area contributed by atoms with Crippen molar-refractivity contribution in [1.29, 1.82) is 0 Å². The van der Waals surface area contributed by atoms with Crippen LogP contribution in [-0.2, 0) is 14.6 Å². The first-order valence-corrected chi connectivity index (χ1v) is 9.32. The van der Waals surface area contributed by atoms with Crippen LogP contribution in [0.1, 0.15) is 19.8 Å². The van der Waals surface area contributed by atoms with E-state index < -0.39 is 21.5 Å². The molecule has 0 saturated heterocycles. The maximum atomic E-state index is 11.6. The smallest absolute Gasteiger partial charge is 0.235 e. The predicted molar refractivity (Wildman–Crippen MR) is 84.6 cm³/mol. The summed E-state index contributed by atoms with van der Waals surface area (Å²) in [4.78, 5) is 11.6. The van der Waals surface area contributed by atoms with Crippen LogP contribution in [0.25, 0.3) is 0 Å². The van der Waals surface area contributed by atoms with Gasteiger partial charge < -0.3 is 19.5 Å². The van der Waals surface area contributed by atoms with Crippen LogP contribution in [0.4, 0.5) is 0 Å². The predicted octanol–water partition coefficient (Wildman–Crippen LogP) is 1.13. The minimum absolute atomic E-state index is 0.0462. The van der Waals surface area contributed by atoms with Gasteiger partial charge in [0.15, 0.2) is 21.3 Å². The first-order valence-electron chi connectivity index (χ1n) is 7.50. The second-order valence-corrected chi connectivity index (χ2v) is 7.34. The van der Waals surface area contributed by atoms with Crippen LogP contribution in [-0.4, -0.2) is 45.8 Å². The summed E-state index contributed by atoms with van der Waals surface area (Å²) in [6.45, 7) is 2.57. The second-order valence-electron chi connectivity index (χ2n) is 5.16. The Morgan fingerprint density at radius 3 is 2.87 bits per heavy atom. The Kier molecular flexibility index (Phi) is 6.09. The Morgan fingerprint density at radius 1 is 1.30 bits per heavy atom. The van der Waals surface area contributed by atoms with Gasteiger partial charge in [0, 0.05) is 6.07 Å². The molecule has 1 amide bonds. The normalized spacial score (nSPS) is 12.9. The molecule has 7 nitrogen and oxygen atoms in total. The van der Waals surface area contributed by atoms with E-state index in [9.17, 15) is 13.2 Å². The van der Waals surface area contributed by atoms with Crippen molar-refractivity contribution in [2.75, 3.05) is 31.5 Å². The first-order chi connectivity index (χ1) is 11.0. The summed E-state index contributed by atoms with van der Waals surface area (Å²) in [5.41, 5.74) is 0. The summed E-state index contributed by atoms with van der Waals surface area (Å²) in [5.74, 6) is 0.952. The second kappa shape index (κ2) is 8.05.